The average molecular weight is 389 g/mol. The van der Waals surface area contributed by atoms with E-state index in [9.17, 15) is 9.59 Å². The number of carbonyl (C=O) groups is 2. The second kappa shape index (κ2) is 8.21. The van der Waals surface area contributed by atoms with Crippen LogP contribution >= 0.6 is 23.4 Å². The Hall–Kier alpha value is -2.56. The Balaban J connectivity index is 2.14. The first kappa shape index (κ1) is 19.8. The van der Waals surface area contributed by atoms with Gasteiger partial charge in [-0.15, -0.1) is 0 Å². The molecule has 0 spiro atoms. The molecule has 26 heavy (non-hydrogen) atoms. The van der Waals surface area contributed by atoms with Gasteiger partial charge in [0.05, 0.1) is 21.9 Å². The van der Waals surface area contributed by atoms with Crippen molar-refractivity contribution in [3.8, 4) is 6.07 Å². The molecule has 1 aromatic heterocycles. The van der Waals surface area contributed by atoms with E-state index in [2.05, 4.69) is 10.3 Å². The van der Waals surface area contributed by atoms with E-state index < -0.39 is 5.91 Å². The van der Waals surface area contributed by atoms with E-state index in [0.717, 1.165) is 28.6 Å². The summed E-state index contributed by atoms with van der Waals surface area (Å²) >= 11 is 7.09. The van der Waals surface area contributed by atoms with E-state index in [1.165, 1.54) is 12.1 Å². The lowest BCUT2D eigenvalue weighted by molar-refractivity contribution is -0.113. The number of anilines is 1. The fraction of sp³-hybridized carbons (Fsp3) is 0.222. The highest BCUT2D eigenvalue weighted by molar-refractivity contribution is 8.00. The number of nitrogens with zero attached hydrogens (tertiary/aromatic N) is 2. The molecule has 0 atom stereocenters. The summed E-state index contributed by atoms with van der Waals surface area (Å²) in [5.41, 5.74) is 9.09. The molecule has 134 valence electrons. The highest BCUT2D eigenvalue weighted by Gasteiger charge is 2.18. The first-order valence-corrected chi connectivity index (χ1v) is 9.00. The molecule has 3 N–H and O–H groups in total. The Bertz CT molecular complexity index is 938. The number of nitrogens with two attached hydrogens (primary N) is 1. The summed E-state index contributed by atoms with van der Waals surface area (Å²) in [6, 6.07) is 6.59. The maximum absolute atomic E-state index is 12.2. The van der Waals surface area contributed by atoms with Gasteiger partial charge in [0.25, 0.3) is 5.91 Å². The lowest BCUT2D eigenvalue weighted by Crippen LogP contribution is -2.18. The molecule has 1 aromatic carbocycles. The summed E-state index contributed by atoms with van der Waals surface area (Å²) in [5.74, 6) is -0.809. The first-order chi connectivity index (χ1) is 12.2. The zero-order valence-corrected chi connectivity index (χ0v) is 16.1. The number of halogens is 1. The van der Waals surface area contributed by atoms with Gasteiger partial charge < -0.3 is 11.1 Å². The van der Waals surface area contributed by atoms with Crippen LogP contribution < -0.4 is 11.1 Å². The van der Waals surface area contributed by atoms with E-state index in [1.54, 1.807) is 6.07 Å². The second-order valence-corrected chi connectivity index (χ2v) is 7.01. The van der Waals surface area contributed by atoms with Crippen molar-refractivity contribution in [2.45, 2.75) is 25.8 Å². The highest BCUT2D eigenvalue weighted by atomic mass is 35.5. The molecule has 0 aliphatic rings. The van der Waals surface area contributed by atoms with Crippen LogP contribution in [-0.4, -0.2) is 22.6 Å². The number of pyridine rings is 1. The maximum Gasteiger partial charge on any atom is 0.251 e. The number of carbonyl (C=O) groups excluding carboxylic acids is 2. The van der Waals surface area contributed by atoms with Gasteiger partial charge in [-0.05, 0) is 50.1 Å². The smallest absolute Gasteiger partial charge is 0.251 e. The average Bonchev–Trinajstić information content (AvgIpc) is 2.57. The van der Waals surface area contributed by atoms with Crippen molar-refractivity contribution < 1.29 is 9.59 Å². The van der Waals surface area contributed by atoms with Crippen LogP contribution in [0.25, 0.3) is 0 Å². The van der Waals surface area contributed by atoms with E-state index in [1.807, 2.05) is 26.8 Å². The third kappa shape index (κ3) is 4.34. The molecule has 0 bridgehead atoms. The first-order valence-electron chi connectivity index (χ1n) is 7.64. The molecule has 2 amide bonds. The molecule has 1 heterocycles. The van der Waals surface area contributed by atoms with Gasteiger partial charge in [0.2, 0.25) is 5.91 Å². The van der Waals surface area contributed by atoms with Crippen molar-refractivity contribution in [2.75, 3.05) is 11.1 Å². The summed E-state index contributed by atoms with van der Waals surface area (Å²) in [4.78, 5) is 28.3. The Morgan fingerprint density at radius 3 is 2.58 bits per heavy atom. The van der Waals surface area contributed by atoms with Crippen LogP contribution in [0, 0.1) is 32.1 Å². The van der Waals surface area contributed by atoms with Gasteiger partial charge in [-0.3, -0.25) is 9.59 Å². The zero-order valence-electron chi connectivity index (χ0n) is 14.5. The molecule has 2 rings (SSSR count). The van der Waals surface area contributed by atoms with E-state index >= 15 is 0 Å². The quantitative estimate of drug-likeness (QED) is 0.763. The molecule has 8 heteroatoms. The number of rotatable bonds is 5. The zero-order chi connectivity index (χ0) is 19.4. The van der Waals surface area contributed by atoms with Crippen molar-refractivity contribution in [2.24, 2.45) is 5.73 Å². The van der Waals surface area contributed by atoms with E-state index in [0.29, 0.717) is 21.8 Å². The number of benzene rings is 1. The Labute approximate surface area is 160 Å². The van der Waals surface area contributed by atoms with Crippen molar-refractivity contribution in [3.63, 3.8) is 0 Å². The molecule has 2 aromatic rings. The summed E-state index contributed by atoms with van der Waals surface area (Å²) in [6.07, 6.45) is 0. The van der Waals surface area contributed by atoms with Gasteiger partial charge in [-0.25, -0.2) is 4.98 Å². The molecule has 0 aliphatic carbocycles. The fourth-order valence-electron chi connectivity index (χ4n) is 2.32. The Morgan fingerprint density at radius 1 is 1.31 bits per heavy atom. The Kier molecular flexibility index (Phi) is 6.24. The number of aromatic nitrogens is 1. The van der Waals surface area contributed by atoms with E-state index in [4.69, 9.17) is 22.6 Å². The normalized spacial score (nSPS) is 10.3. The van der Waals surface area contributed by atoms with Crippen LogP contribution in [0.1, 0.15) is 32.7 Å². The molecule has 0 unspecified atom stereocenters. The minimum absolute atomic E-state index is 0.0485. The maximum atomic E-state index is 12.2. The number of primary amides is 1. The summed E-state index contributed by atoms with van der Waals surface area (Å²) in [6.45, 7) is 5.53. The van der Waals surface area contributed by atoms with Gasteiger partial charge in [-0.1, -0.05) is 23.4 Å². The van der Waals surface area contributed by atoms with Crippen LogP contribution in [0.15, 0.2) is 23.2 Å². The topological polar surface area (TPSA) is 109 Å². The van der Waals surface area contributed by atoms with Crippen LogP contribution in [-0.2, 0) is 4.79 Å². The SMILES string of the molecule is Cc1nc(SCC(=O)Nc2ccc(C#N)c(Cl)c2)c(C(N)=O)c(C)c1C. The largest absolute Gasteiger partial charge is 0.366 e. The van der Waals surface area contributed by atoms with Crippen molar-refractivity contribution in [3.05, 3.63) is 51.2 Å². The number of hydrogen-bond donors (Lipinski definition) is 2. The fourth-order valence-corrected chi connectivity index (χ4v) is 3.48. The van der Waals surface area contributed by atoms with Gasteiger partial charge in [-0.2, -0.15) is 5.26 Å². The monoisotopic (exact) mass is 388 g/mol. The predicted octanol–water partition coefficient (Wildman–Crippen LogP) is 3.36. The Morgan fingerprint density at radius 2 is 2.00 bits per heavy atom. The minimum Gasteiger partial charge on any atom is -0.366 e. The minimum atomic E-state index is -0.570. The molecule has 0 saturated heterocycles. The summed E-state index contributed by atoms with van der Waals surface area (Å²) in [5, 5.41) is 12.3. The van der Waals surface area contributed by atoms with E-state index in [-0.39, 0.29) is 16.7 Å². The van der Waals surface area contributed by atoms with Gasteiger partial charge in [0.15, 0.2) is 0 Å². The van der Waals surface area contributed by atoms with Crippen molar-refractivity contribution >= 4 is 40.9 Å². The molecule has 0 aliphatic heterocycles. The number of amides is 2. The van der Waals surface area contributed by atoms with Crippen LogP contribution in [0.4, 0.5) is 5.69 Å². The van der Waals surface area contributed by atoms with Crippen LogP contribution in [0.3, 0.4) is 0 Å². The summed E-state index contributed by atoms with van der Waals surface area (Å²) < 4.78 is 0. The van der Waals surface area contributed by atoms with Crippen molar-refractivity contribution in [1.29, 1.82) is 5.26 Å². The van der Waals surface area contributed by atoms with Crippen LogP contribution in [0.5, 0.6) is 0 Å². The standard InChI is InChI=1S/C18H17ClN4O2S/c1-9-10(2)16(17(21)25)18(22-11(9)3)26-8-15(24)23-13-5-4-12(7-20)14(19)6-13/h4-6H,8H2,1-3H3,(H2,21,25)(H,23,24). The van der Waals surface area contributed by atoms with Gasteiger partial charge >= 0.3 is 0 Å². The molecule has 0 radical (unpaired) electrons. The highest BCUT2D eigenvalue weighted by Crippen LogP contribution is 2.27. The molecular formula is C18H17ClN4O2S. The number of thioether (sulfide) groups is 1. The molecule has 0 fully saturated rings. The van der Waals surface area contributed by atoms with Gasteiger partial charge in [0.1, 0.15) is 11.1 Å². The molecule has 6 nitrogen and oxygen atoms in total. The lowest BCUT2D eigenvalue weighted by atomic mass is 10.0. The lowest BCUT2D eigenvalue weighted by Gasteiger charge is -2.13. The molecule has 0 saturated carbocycles. The third-order valence-corrected chi connectivity index (χ3v) is 5.21. The van der Waals surface area contributed by atoms with Gasteiger partial charge in [0, 0.05) is 11.4 Å². The number of aryl methyl sites for hydroxylation is 1. The summed E-state index contributed by atoms with van der Waals surface area (Å²) in [7, 11) is 0. The number of nitrogens with one attached hydrogen (secondary N) is 1. The third-order valence-electron chi connectivity index (χ3n) is 3.92. The number of nitriles is 1. The number of hydrogen-bond acceptors (Lipinski definition) is 5. The second-order valence-electron chi connectivity index (χ2n) is 5.63. The molecular weight excluding hydrogens is 372 g/mol. The van der Waals surface area contributed by atoms with Crippen molar-refractivity contribution in [1.82, 2.24) is 4.98 Å². The predicted molar refractivity (Wildman–Crippen MR) is 102 cm³/mol. The van der Waals surface area contributed by atoms with Crippen LogP contribution in [0.2, 0.25) is 5.02 Å².